The van der Waals surface area contributed by atoms with Gasteiger partial charge in [0.1, 0.15) is 0 Å². The van der Waals surface area contributed by atoms with Gasteiger partial charge in [0.05, 0.1) is 13.0 Å². The summed E-state index contributed by atoms with van der Waals surface area (Å²) in [7, 11) is 2.01. The summed E-state index contributed by atoms with van der Waals surface area (Å²) in [5, 5.41) is 9.22. The minimum atomic E-state index is -0.709. The Morgan fingerprint density at radius 1 is 1.24 bits per heavy atom. The second-order valence-electron chi connectivity index (χ2n) is 5.88. The van der Waals surface area contributed by atoms with Gasteiger partial charge >= 0.3 is 5.97 Å². The molecule has 1 aromatic rings. The summed E-state index contributed by atoms with van der Waals surface area (Å²) < 4.78 is 0. The first-order chi connectivity index (χ1) is 10.1. The molecule has 0 aliphatic heterocycles. The van der Waals surface area contributed by atoms with Crippen LogP contribution in [0.3, 0.4) is 0 Å². The standard InChI is InChI=1S/C18H23NO2/c1-19(14-8-11-16-9-4-2-5-10-16)18(15-17(20)21)12-6-3-7-13-18/h2,4-5,9-10H,3,6-7,12-15H2,1H3,(H,20,21). The summed E-state index contributed by atoms with van der Waals surface area (Å²) in [5.41, 5.74) is 0.789. The first-order valence-electron chi connectivity index (χ1n) is 7.59. The number of benzene rings is 1. The number of nitrogens with zero attached hydrogens (tertiary/aromatic N) is 1. The number of carbonyl (C=O) groups is 1. The largest absolute Gasteiger partial charge is 0.481 e. The molecule has 1 aliphatic rings. The molecule has 3 heteroatoms. The van der Waals surface area contributed by atoms with Crippen LogP contribution in [0.1, 0.15) is 44.1 Å². The Labute approximate surface area is 127 Å². The van der Waals surface area contributed by atoms with E-state index in [1.54, 1.807) is 0 Å². The Morgan fingerprint density at radius 3 is 2.52 bits per heavy atom. The molecule has 0 saturated heterocycles. The third-order valence-electron chi connectivity index (χ3n) is 4.40. The van der Waals surface area contributed by atoms with E-state index in [0.717, 1.165) is 31.2 Å². The summed E-state index contributed by atoms with van der Waals surface area (Å²) >= 11 is 0. The van der Waals surface area contributed by atoms with Crippen molar-refractivity contribution >= 4 is 5.97 Å². The SMILES string of the molecule is CN(CC#Cc1ccccc1)C1(CC(=O)O)CCCCC1. The molecule has 0 unspecified atom stereocenters. The van der Waals surface area contributed by atoms with Gasteiger partial charge in [0.25, 0.3) is 0 Å². The number of hydrogen-bond donors (Lipinski definition) is 1. The molecular formula is C18H23NO2. The number of carboxylic acid groups (broad SMARTS) is 1. The second kappa shape index (κ2) is 7.28. The van der Waals surface area contributed by atoms with Crippen LogP contribution >= 0.6 is 0 Å². The average Bonchev–Trinajstić information content (AvgIpc) is 2.48. The highest BCUT2D eigenvalue weighted by molar-refractivity contribution is 5.68. The monoisotopic (exact) mass is 285 g/mol. The molecule has 0 heterocycles. The number of hydrogen-bond acceptors (Lipinski definition) is 2. The van der Waals surface area contributed by atoms with Crippen molar-refractivity contribution in [2.75, 3.05) is 13.6 Å². The lowest BCUT2D eigenvalue weighted by molar-refractivity contribution is -0.140. The van der Waals surface area contributed by atoms with Gasteiger partial charge in [0, 0.05) is 11.1 Å². The van der Waals surface area contributed by atoms with E-state index < -0.39 is 5.97 Å². The minimum Gasteiger partial charge on any atom is -0.481 e. The molecule has 3 nitrogen and oxygen atoms in total. The predicted molar refractivity (Wildman–Crippen MR) is 84.0 cm³/mol. The quantitative estimate of drug-likeness (QED) is 0.864. The molecule has 1 saturated carbocycles. The van der Waals surface area contributed by atoms with E-state index in [0.29, 0.717) is 6.54 Å². The van der Waals surface area contributed by atoms with E-state index in [9.17, 15) is 9.90 Å². The maximum Gasteiger partial charge on any atom is 0.305 e. The lowest BCUT2D eigenvalue weighted by Gasteiger charge is -2.43. The van der Waals surface area contributed by atoms with Gasteiger partial charge in [-0.25, -0.2) is 0 Å². The smallest absolute Gasteiger partial charge is 0.305 e. The molecule has 112 valence electrons. The van der Waals surface area contributed by atoms with Gasteiger partial charge < -0.3 is 5.11 Å². The molecule has 0 aromatic heterocycles. The van der Waals surface area contributed by atoms with E-state index >= 15 is 0 Å². The van der Waals surface area contributed by atoms with Crippen LogP contribution in [-0.2, 0) is 4.79 Å². The van der Waals surface area contributed by atoms with Gasteiger partial charge in [-0.05, 0) is 32.0 Å². The van der Waals surface area contributed by atoms with Gasteiger partial charge in [-0.2, -0.15) is 0 Å². The van der Waals surface area contributed by atoms with Crippen molar-refractivity contribution in [3.8, 4) is 11.8 Å². The Morgan fingerprint density at radius 2 is 1.90 bits per heavy atom. The fourth-order valence-corrected chi connectivity index (χ4v) is 3.13. The van der Waals surface area contributed by atoms with Gasteiger partial charge in [-0.1, -0.05) is 49.3 Å². The van der Waals surface area contributed by atoms with Crippen molar-refractivity contribution in [2.45, 2.75) is 44.1 Å². The first-order valence-corrected chi connectivity index (χ1v) is 7.59. The molecule has 1 aliphatic carbocycles. The Balaban J connectivity index is 2.03. The molecule has 1 aromatic carbocycles. The van der Waals surface area contributed by atoms with Crippen molar-refractivity contribution < 1.29 is 9.90 Å². The third-order valence-corrected chi connectivity index (χ3v) is 4.40. The number of carboxylic acids is 1. The van der Waals surface area contributed by atoms with Crippen LogP contribution in [0.2, 0.25) is 0 Å². The van der Waals surface area contributed by atoms with E-state index in [2.05, 4.69) is 16.7 Å². The molecule has 1 N–H and O–H groups in total. The summed E-state index contributed by atoms with van der Waals surface area (Å²) in [6, 6.07) is 9.89. The summed E-state index contributed by atoms with van der Waals surface area (Å²) in [6.07, 6.45) is 5.58. The topological polar surface area (TPSA) is 40.5 Å². The third kappa shape index (κ3) is 4.34. The second-order valence-corrected chi connectivity index (χ2v) is 5.88. The average molecular weight is 285 g/mol. The fraction of sp³-hybridized carbons (Fsp3) is 0.500. The zero-order valence-electron chi connectivity index (χ0n) is 12.6. The molecular weight excluding hydrogens is 262 g/mol. The van der Waals surface area contributed by atoms with Crippen molar-refractivity contribution in [1.82, 2.24) is 4.90 Å². The first kappa shape index (κ1) is 15.6. The highest BCUT2D eigenvalue weighted by Crippen LogP contribution is 2.35. The Bertz CT molecular complexity index is 521. The van der Waals surface area contributed by atoms with Gasteiger partial charge in [0.2, 0.25) is 0 Å². The summed E-state index contributed by atoms with van der Waals surface area (Å²) in [5.74, 6) is 5.62. The van der Waals surface area contributed by atoms with Crippen LogP contribution in [-0.4, -0.2) is 35.1 Å². The molecule has 21 heavy (non-hydrogen) atoms. The zero-order chi connectivity index (χ0) is 15.1. The maximum atomic E-state index is 11.2. The molecule has 1 fully saturated rings. The zero-order valence-corrected chi connectivity index (χ0v) is 12.6. The minimum absolute atomic E-state index is 0.213. The van der Waals surface area contributed by atoms with Crippen molar-refractivity contribution in [2.24, 2.45) is 0 Å². The summed E-state index contributed by atoms with van der Waals surface area (Å²) in [6.45, 7) is 0.613. The number of aliphatic carboxylic acids is 1. The molecule has 0 amide bonds. The van der Waals surface area contributed by atoms with E-state index in [-0.39, 0.29) is 12.0 Å². The van der Waals surface area contributed by atoms with Gasteiger partial charge in [0.15, 0.2) is 0 Å². The van der Waals surface area contributed by atoms with Crippen molar-refractivity contribution in [3.63, 3.8) is 0 Å². The highest BCUT2D eigenvalue weighted by atomic mass is 16.4. The molecule has 0 radical (unpaired) electrons. The van der Waals surface area contributed by atoms with Crippen LogP contribution in [0.25, 0.3) is 0 Å². The fourth-order valence-electron chi connectivity index (χ4n) is 3.13. The molecule has 0 bridgehead atoms. The normalized spacial score (nSPS) is 17.0. The van der Waals surface area contributed by atoms with Crippen molar-refractivity contribution in [1.29, 1.82) is 0 Å². The lowest BCUT2D eigenvalue weighted by Crippen LogP contribution is -2.49. The number of rotatable bonds is 4. The van der Waals surface area contributed by atoms with Crippen molar-refractivity contribution in [3.05, 3.63) is 35.9 Å². The van der Waals surface area contributed by atoms with Crippen LogP contribution in [0, 0.1) is 11.8 Å². The molecule has 0 spiro atoms. The van der Waals surface area contributed by atoms with Crippen LogP contribution in [0.5, 0.6) is 0 Å². The van der Waals surface area contributed by atoms with E-state index in [1.165, 1.54) is 6.42 Å². The Kier molecular flexibility index (Phi) is 5.41. The van der Waals surface area contributed by atoms with E-state index in [1.807, 2.05) is 37.4 Å². The Hall–Kier alpha value is -1.79. The molecule has 2 rings (SSSR count). The van der Waals surface area contributed by atoms with Crippen LogP contribution in [0.15, 0.2) is 30.3 Å². The van der Waals surface area contributed by atoms with Gasteiger partial charge in [-0.15, -0.1) is 0 Å². The van der Waals surface area contributed by atoms with Crippen LogP contribution in [0.4, 0.5) is 0 Å². The van der Waals surface area contributed by atoms with E-state index in [4.69, 9.17) is 0 Å². The highest BCUT2D eigenvalue weighted by Gasteiger charge is 2.37. The van der Waals surface area contributed by atoms with Crippen LogP contribution < -0.4 is 0 Å². The lowest BCUT2D eigenvalue weighted by atomic mass is 9.78. The predicted octanol–water partition coefficient (Wildman–Crippen LogP) is 3.15. The molecule has 0 atom stereocenters. The summed E-state index contributed by atoms with van der Waals surface area (Å²) in [4.78, 5) is 13.4. The maximum absolute atomic E-state index is 11.2. The van der Waals surface area contributed by atoms with Gasteiger partial charge in [-0.3, -0.25) is 9.69 Å².